The predicted molar refractivity (Wildman–Crippen MR) is 103 cm³/mol. The fourth-order valence-corrected chi connectivity index (χ4v) is 3.25. The van der Waals surface area contributed by atoms with E-state index in [4.69, 9.17) is 0 Å². The molecule has 0 saturated carbocycles. The third-order valence-electron chi connectivity index (χ3n) is 4.72. The van der Waals surface area contributed by atoms with E-state index < -0.39 is 28.5 Å². The summed E-state index contributed by atoms with van der Waals surface area (Å²) in [5.74, 6) is -2.02. The van der Waals surface area contributed by atoms with E-state index >= 15 is 0 Å². The standard InChI is InChI=1S/C20H19N3O6/c24-18-7-4-8-22(18)12-17(13-5-2-1-3-6-13)21-19(25)14-9-15(20(26)27)11-16(10-14)23(28)29/h1-3,5-6,9-11,17H,4,7-8,12H2,(H,21,25)(H,26,27). The number of nitrogens with zero attached hydrogens (tertiary/aromatic N) is 2. The molecule has 1 saturated heterocycles. The molecule has 0 bridgehead atoms. The zero-order valence-corrected chi connectivity index (χ0v) is 15.4. The highest BCUT2D eigenvalue weighted by Gasteiger charge is 2.26. The number of nitro benzene ring substituents is 1. The number of aromatic carboxylic acids is 1. The van der Waals surface area contributed by atoms with Gasteiger partial charge in [0.25, 0.3) is 11.6 Å². The van der Waals surface area contributed by atoms with Crippen LogP contribution in [0.15, 0.2) is 48.5 Å². The molecule has 2 N–H and O–H groups in total. The van der Waals surface area contributed by atoms with Crippen molar-refractivity contribution in [1.82, 2.24) is 10.2 Å². The Bertz CT molecular complexity index is 928. The van der Waals surface area contributed by atoms with Gasteiger partial charge in [0.05, 0.1) is 16.5 Å². The fourth-order valence-electron chi connectivity index (χ4n) is 3.25. The van der Waals surface area contributed by atoms with Gasteiger partial charge in [-0.25, -0.2) is 4.79 Å². The molecule has 0 radical (unpaired) electrons. The van der Waals surface area contributed by atoms with E-state index in [1.807, 2.05) is 18.2 Å². The molecule has 0 aromatic heterocycles. The van der Waals surface area contributed by atoms with Crippen LogP contribution in [0.4, 0.5) is 5.69 Å². The number of non-ortho nitro benzene ring substituents is 1. The number of likely N-dealkylation sites (tertiary alicyclic amines) is 1. The van der Waals surface area contributed by atoms with Crippen LogP contribution in [0, 0.1) is 10.1 Å². The Kier molecular flexibility index (Phi) is 5.87. The average Bonchev–Trinajstić information content (AvgIpc) is 3.12. The molecule has 150 valence electrons. The first-order valence-electron chi connectivity index (χ1n) is 9.01. The van der Waals surface area contributed by atoms with Crippen LogP contribution in [-0.2, 0) is 4.79 Å². The lowest BCUT2D eigenvalue weighted by molar-refractivity contribution is -0.384. The highest BCUT2D eigenvalue weighted by atomic mass is 16.6. The smallest absolute Gasteiger partial charge is 0.335 e. The van der Waals surface area contributed by atoms with Crippen LogP contribution in [0.5, 0.6) is 0 Å². The van der Waals surface area contributed by atoms with Gasteiger partial charge in [-0.15, -0.1) is 0 Å². The predicted octanol–water partition coefficient (Wildman–Crippen LogP) is 2.39. The monoisotopic (exact) mass is 397 g/mol. The van der Waals surface area contributed by atoms with Gasteiger partial charge >= 0.3 is 5.97 Å². The summed E-state index contributed by atoms with van der Waals surface area (Å²) in [6.07, 6.45) is 1.21. The number of nitrogens with one attached hydrogen (secondary N) is 1. The molecular formula is C20H19N3O6. The first-order valence-corrected chi connectivity index (χ1v) is 9.01. The van der Waals surface area contributed by atoms with E-state index in [9.17, 15) is 29.6 Å². The van der Waals surface area contributed by atoms with Crippen LogP contribution >= 0.6 is 0 Å². The van der Waals surface area contributed by atoms with Crippen molar-refractivity contribution in [3.05, 3.63) is 75.3 Å². The van der Waals surface area contributed by atoms with Gasteiger partial charge < -0.3 is 15.3 Å². The zero-order valence-electron chi connectivity index (χ0n) is 15.4. The molecule has 1 aliphatic heterocycles. The molecule has 1 heterocycles. The lowest BCUT2D eigenvalue weighted by atomic mass is 10.0. The molecule has 2 aromatic carbocycles. The number of hydrogen-bond acceptors (Lipinski definition) is 5. The molecule has 9 nitrogen and oxygen atoms in total. The molecule has 0 aliphatic carbocycles. The third-order valence-corrected chi connectivity index (χ3v) is 4.72. The second kappa shape index (κ2) is 8.51. The maximum atomic E-state index is 12.8. The first-order chi connectivity index (χ1) is 13.8. The van der Waals surface area contributed by atoms with Gasteiger partial charge in [0.15, 0.2) is 0 Å². The minimum atomic E-state index is -1.37. The Balaban J connectivity index is 1.89. The summed E-state index contributed by atoms with van der Waals surface area (Å²) in [5.41, 5.74) is -0.203. The van der Waals surface area contributed by atoms with Crippen LogP contribution < -0.4 is 5.32 Å². The number of carbonyl (C=O) groups excluding carboxylic acids is 2. The highest BCUT2D eigenvalue weighted by Crippen LogP contribution is 2.21. The maximum absolute atomic E-state index is 12.8. The Morgan fingerprint density at radius 1 is 1.17 bits per heavy atom. The lowest BCUT2D eigenvalue weighted by Gasteiger charge is -2.25. The van der Waals surface area contributed by atoms with Gasteiger partial charge in [-0.05, 0) is 18.1 Å². The highest BCUT2D eigenvalue weighted by molar-refractivity contribution is 5.98. The summed E-state index contributed by atoms with van der Waals surface area (Å²) in [7, 11) is 0. The molecule has 0 spiro atoms. The van der Waals surface area contributed by atoms with Crippen LogP contribution in [0.3, 0.4) is 0 Å². The Hall–Kier alpha value is -3.75. The van der Waals surface area contributed by atoms with Crippen molar-refractivity contribution < 1.29 is 24.4 Å². The molecule has 2 amide bonds. The van der Waals surface area contributed by atoms with E-state index in [0.717, 1.165) is 30.2 Å². The molecule has 9 heteroatoms. The number of amides is 2. The molecule has 1 fully saturated rings. The number of carbonyl (C=O) groups is 3. The second-order valence-corrected chi connectivity index (χ2v) is 6.71. The van der Waals surface area contributed by atoms with E-state index in [2.05, 4.69) is 5.32 Å². The molecule has 2 aromatic rings. The molecule has 1 unspecified atom stereocenters. The van der Waals surface area contributed by atoms with Crippen molar-refractivity contribution in [2.75, 3.05) is 13.1 Å². The average molecular weight is 397 g/mol. The topological polar surface area (TPSA) is 130 Å². The summed E-state index contributed by atoms with van der Waals surface area (Å²) in [5, 5.41) is 23.1. The summed E-state index contributed by atoms with van der Waals surface area (Å²) in [6.45, 7) is 0.854. The minimum Gasteiger partial charge on any atom is -0.478 e. The number of carboxylic acids is 1. The number of carboxylic acid groups (broad SMARTS) is 1. The largest absolute Gasteiger partial charge is 0.478 e. The van der Waals surface area contributed by atoms with Crippen LogP contribution in [0.1, 0.15) is 45.2 Å². The molecular weight excluding hydrogens is 378 g/mol. The quantitative estimate of drug-likeness (QED) is 0.545. The van der Waals surface area contributed by atoms with Crippen molar-refractivity contribution in [3.8, 4) is 0 Å². The van der Waals surface area contributed by atoms with Gasteiger partial charge in [0.1, 0.15) is 0 Å². The van der Waals surface area contributed by atoms with E-state index in [0.29, 0.717) is 13.0 Å². The van der Waals surface area contributed by atoms with Gasteiger partial charge in [0, 0.05) is 37.2 Å². The second-order valence-electron chi connectivity index (χ2n) is 6.71. The van der Waals surface area contributed by atoms with Crippen molar-refractivity contribution in [3.63, 3.8) is 0 Å². The molecule has 3 rings (SSSR count). The van der Waals surface area contributed by atoms with Crippen LogP contribution in [0.25, 0.3) is 0 Å². The number of nitro groups is 1. The van der Waals surface area contributed by atoms with E-state index in [-0.39, 0.29) is 23.6 Å². The first kappa shape index (κ1) is 20.0. The lowest BCUT2D eigenvalue weighted by Crippen LogP contribution is -2.38. The molecule has 1 atom stereocenters. The third kappa shape index (κ3) is 4.75. The molecule has 29 heavy (non-hydrogen) atoms. The van der Waals surface area contributed by atoms with Crippen LogP contribution in [0.2, 0.25) is 0 Å². The Morgan fingerprint density at radius 2 is 1.86 bits per heavy atom. The SMILES string of the molecule is O=C(O)c1cc(C(=O)NC(CN2CCCC2=O)c2ccccc2)cc([N+](=O)[O-])c1. The van der Waals surface area contributed by atoms with Gasteiger partial charge in [0.2, 0.25) is 5.91 Å². The fraction of sp³-hybridized carbons (Fsp3) is 0.250. The van der Waals surface area contributed by atoms with E-state index in [1.165, 1.54) is 0 Å². The van der Waals surface area contributed by atoms with Crippen LogP contribution in [-0.4, -0.2) is 45.8 Å². The van der Waals surface area contributed by atoms with Crippen molar-refractivity contribution in [2.24, 2.45) is 0 Å². The van der Waals surface area contributed by atoms with Crippen molar-refractivity contribution >= 4 is 23.5 Å². The molecule has 1 aliphatic rings. The summed E-state index contributed by atoms with van der Waals surface area (Å²) in [6, 6.07) is 11.5. The number of benzene rings is 2. The number of hydrogen-bond donors (Lipinski definition) is 2. The maximum Gasteiger partial charge on any atom is 0.335 e. The van der Waals surface area contributed by atoms with Gasteiger partial charge in [-0.3, -0.25) is 19.7 Å². The normalized spacial score (nSPS) is 14.5. The van der Waals surface area contributed by atoms with Gasteiger partial charge in [-0.1, -0.05) is 30.3 Å². The van der Waals surface area contributed by atoms with E-state index in [1.54, 1.807) is 17.0 Å². The van der Waals surface area contributed by atoms with Crippen molar-refractivity contribution in [2.45, 2.75) is 18.9 Å². The zero-order chi connectivity index (χ0) is 21.0. The summed E-state index contributed by atoms with van der Waals surface area (Å²) >= 11 is 0. The van der Waals surface area contributed by atoms with Crippen molar-refractivity contribution in [1.29, 1.82) is 0 Å². The number of rotatable bonds is 7. The minimum absolute atomic E-state index is 0.00342. The Morgan fingerprint density at radius 3 is 2.45 bits per heavy atom. The summed E-state index contributed by atoms with van der Waals surface area (Å²) in [4.78, 5) is 48.1. The summed E-state index contributed by atoms with van der Waals surface area (Å²) < 4.78 is 0. The van der Waals surface area contributed by atoms with Gasteiger partial charge in [-0.2, -0.15) is 0 Å². The Labute approximate surface area is 166 Å².